The molecule has 2 saturated heterocycles. The van der Waals surface area contributed by atoms with Crippen molar-refractivity contribution < 1.29 is 24.2 Å². The zero-order valence-electron chi connectivity index (χ0n) is 13.6. The summed E-state index contributed by atoms with van der Waals surface area (Å²) in [6.07, 6.45) is 5.24. The highest BCUT2D eigenvalue weighted by Gasteiger charge is 2.63. The van der Waals surface area contributed by atoms with Gasteiger partial charge in [0, 0.05) is 5.75 Å². The third-order valence-corrected chi connectivity index (χ3v) is 6.70. The highest BCUT2D eigenvalue weighted by Crippen LogP contribution is 2.47. The molecule has 2 fully saturated rings. The molecule has 0 bridgehead atoms. The first-order valence-electron chi connectivity index (χ1n) is 8.13. The van der Waals surface area contributed by atoms with Crippen LogP contribution in [0.25, 0.3) is 0 Å². The van der Waals surface area contributed by atoms with Crippen LogP contribution in [0.5, 0.6) is 0 Å². The summed E-state index contributed by atoms with van der Waals surface area (Å²) in [5.41, 5.74) is 6.10. The number of amides is 2. The standard InChI is InChI=1S/C16H19N3O5S/c1-7-6-25-14-9(13(21)19(14)10(7)15(22)23)18-12(20)11(17)16-5-3-2-4-8(16)24-16/h2-3,8-9,11,14H,4-6,17H2,1H3,(H,18,20)(H,22,23)/t8?,9-,11+,14-,16?/m1/s1. The Kier molecular flexibility index (Phi) is 3.71. The van der Waals surface area contributed by atoms with Crippen LogP contribution in [0.4, 0.5) is 0 Å². The Morgan fingerprint density at radius 1 is 1.52 bits per heavy atom. The van der Waals surface area contributed by atoms with Crippen molar-refractivity contribution in [3.05, 3.63) is 23.4 Å². The number of aliphatic carboxylic acids is 1. The number of carboxylic acids is 1. The minimum atomic E-state index is -1.13. The first-order valence-corrected chi connectivity index (χ1v) is 9.18. The van der Waals surface area contributed by atoms with E-state index in [4.69, 9.17) is 10.5 Å². The number of ether oxygens (including phenoxy) is 1. The molecule has 4 rings (SSSR count). The number of epoxide rings is 1. The second-order valence-corrected chi connectivity index (χ2v) is 7.89. The van der Waals surface area contributed by atoms with Gasteiger partial charge in [-0.05, 0) is 25.3 Å². The summed E-state index contributed by atoms with van der Waals surface area (Å²) in [7, 11) is 0. The smallest absolute Gasteiger partial charge is 0.352 e. The minimum Gasteiger partial charge on any atom is -0.477 e. The molecule has 3 aliphatic heterocycles. The molecule has 3 heterocycles. The summed E-state index contributed by atoms with van der Waals surface area (Å²) in [5.74, 6) is -1.46. The Morgan fingerprint density at radius 2 is 2.28 bits per heavy atom. The number of hydrogen-bond acceptors (Lipinski definition) is 6. The molecule has 134 valence electrons. The lowest BCUT2D eigenvalue weighted by Gasteiger charge is -2.49. The number of rotatable bonds is 4. The molecule has 1 aliphatic carbocycles. The number of carbonyl (C=O) groups is 3. The highest BCUT2D eigenvalue weighted by atomic mass is 32.2. The summed E-state index contributed by atoms with van der Waals surface area (Å²) in [5, 5.41) is 11.6. The lowest BCUT2D eigenvalue weighted by Crippen LogP contribution is -2.72. The molecule has 0 aromatic carbocycles. The molecule has 0 saturated carbocycles. The Labute approximate surface area is 148 Å². The third kappa shape index (κ3) is 2.33. The van der Waals surface area contributed by atoms with Crippen molar-refractivity contribution in [2.75, 3.05) is 5.75 Å². The first-order chi connectivity index (χ1) is 11.9. The molecular weight excluding hydrogens is 346 g/mol. The van der Waals surface area contributed by atoms with Crippen LogP contribution in [0.2, 0.25) is 0 Å². The predicted molar refractivity (Wildman–Crippen MR) is 89.3 cm³/mol. The Balaban J connectivity index is 1.45. The Morgan fingerprint density at radius 3 is 2.96 bits per heavy atom. The number of nitrogens with one attached hydrogen (secondary N) is 1. The number of fused-ring (bicyclic) bond motifs is 2. The van der Waals surface area contributed by atoms with Gasteiger partial charge in [-0.1, -0.05) is 12.2 Å². The normalized spacial score (nSPS) is 37.0. The molecule has 0 radical (unpaired) electrons. The van der Waals surface area contributed by atoms with Gasteiger partial charge < -0.3 is 20.9 Å². The first kappa shape index (κ1) is 16.6. The van der Waals surface area contributed by atoms with Gasteiger partial charge in [-0.25, -0.2) is 4.79 Å². The molecular formula is C16H19N3O5S. The number of carbonyl (C=O) groups excluding carboxylic acids is 2. The van der Waals surface area contributed by atoms with Gasteiger partial charge in [0.15, 0.2) is 0 Å². The van der Waals surface area contributed by atoms with Crippen LogP contribution in [0.15, 0.2) is 23.4 Å². The maximum atomic E-state index is 12.5. The molecule has 0 aromatic rings. The van der Waals surface area contributed by atoms with Crippen molar-refractivity contribution >= 4 is 29.5 Å². The maximum absolute atomic E-state index is 12.5. The molecule has 2 unspecified atom stereocenters. The van der Waals surface area contributed by atoms with Crippen molar-refractivity contribution in [2.24, 2.45) is 5.73 Å². The summed E-state index contributed by atoms with van der Waals surface area (Å²) < 4.78 is 5.64. The molecule has 2 amide bonds. The minimum absolute atomic E-state index is 0.0187. The lowest BCUT2D eigenvalue weighted by molar-refractivity contribution is -0.151. The molecule has 5 atom stereocenters. The number of carboxylic acid groups (broad SMARTS) is 1. The van der Waals surface area contributed by atoms with E-state index in [-0.39, 0.29) is 11.8 Å². The molecule has 0 spiro atoms. The van der Waals surface area contributed by atoms with Gasteiger partial charge in [0.1, 0.15) is 28.8 Å². The lowest BCUT2D eigenvalue weighted by atomic mass is 9.87. The quantitative estimate of drug-likeness (QED) is 0.350. The van der Waals surface area contributed by atoms with Gasteiger partial charge in [0.2, 0.25) is 5.91 Å². The zero-order valence-corrected chi connectivity index (χ0v) is 14.4. The van der Waals surface area contributed by atoms with Gasteiger partial charge in [-0.3, -0.25) is 14.5 Å². The van der Waals surface area contributed by atoms with Crippen molar-refractivity contribution in [3.63, 3.8) is 0 Å². The summed E-state index contributed by atoms with van der Waals surface area (Å²) >= 11 is 1.44. The van der Waals surface area contributed by atoms with Gasteiger partial charge in [0.05, 0.1) is 6.10 Å². The molecule has 25 heavy (non-hydrogen) atoms. The van der Waals surface area contributed by atoms with Crippen LogP contribution in [0.1, 0.15) is 19.8 Å². The Hall–Kier alpha value is -1.84. The van der Waals surface area contributed by atoms with E-state index in [1.807, 2.05) is 12.2 Å². The molecule has 4 N–H and O–H groups in total. The number of β-lactam (4-membered cyclic amide) rings is 1. The van der Waals surface area contributed by atoms with Crippen LogP contribution >= 0.6 is 11.8 Å². The van der Waals surface area contributed by atoms with E-state index < -0.39 is 40.8 Å². The van der Waals surface area contributed by atoms with E-state index in [1.54, 1.807) is 6.92 Å². The van der Waals surface area contributed by atoms with E-state index >= 15 is 0 Å². The van der Waals surface area contributed by atoms with Crippen LogP contribution in [-0.4, -0.2) is 62.7 Å². The average molecular weight is 365 g/mol. The largest absolute Gasteiger partial charge is 0.477 e. The second-order valence-electron chi connectivity index (χ2n) is 6.78. The molecule has 0 aromatic heterocycles. The molecule has 9 heteroatoms. The maximum Gasteiger partial charge on any atom is 0.352 e. The van der Waals surface area contributed by atoms with Gasteiger partial charge in [-0.2, -0.15) is 0 Å². The zero-order chi connectivity index (χ0) is 17.9. The van der Waals surface area contributed by atoms with E-state index in [2.05, 4.69) is 5.32 Å². The Bertz CT molecular complexity index is 735. The van der Waals surface area contributed by atoms with E-state index in [0.29, 0.717) is 17.7 Å². The van der Waals surface area contributed by atoms with Crippen molar-refractivity contribution in [1.82, 2.24) is 10.2 Å². The van der Waals surface area contributed by atoms with Crippen LogP contribution in [0.3, 0.4) is 0 Å². The van der Waals surface area contributed by atoms with Gasteiger partial charge in [0.25, 0.3) is 5.91 Å². The fraction of sp³-hybridized carbons (Fsp3) is 0.562. The van der Waals surface area contributed by atoms with Crippen LogP contribution in [-0.2, 0) is 19.1 Å². The monoisotopic (exact) mass is 365 g/mol. The van der Waals surface area contributed by atoms with E-state index in [9.17, 15) is 19.5 Å². The number of hydrogen-bond donors (Lipinski definition) is 3. The number of nitrogens with two attached hydrogens (primary N) is 1. The average Bonchev–Trinajstić information content (AvgIpc) is 3.34. The summed E-state index contributed by atoms with van der Waals surface area (Å²) in [4.78, 5) is 37.6. The fourth-order valence-corrected chi connectivity index (χ4v) is 5.08. The van der Waals surface area contributed by atoms with Crippen molar-refractivity contribution in [1.29, 1.82) is 0 Å². The second kappa shape index (κ2) is 5.58. The summed E-state index contributed by atoms with van der Waals surface area (Å²) in [6, 6.07) is -1.60. The van der Waals surface area contributed by atoms with E-state index in [1.165, 1.54) is 16.7 Å². The van der Waals surface area contributed by atoms with Gasteiger partial charge in [-0.15, -0.1) is 11.8 Å². The van der Waals surface area contributed by atoms with Crippen molar-refractivity contribution in [2.45, 2.75) is 48.9 Å². The van der Waals surface area contributed by atoms with Crippen LogP contribution in [0, 0.1) is 0 Å². The van der Waals surface area contributed by atoms with Gasteiger partial charge >= 0.3 is 5.97 Å². The number of nitrogens with zero attached hydrogens (tertiary/aromatic N) is 1. The van der Waals surface area contributed by atoms with Crippen LogP contribution < -0.4 is 11.1 Å². The van der Waals surface area contributed by atoms with Crippen molar-refractivity contribution in [3.8, 4) is 0 Å². The van der Waals surface area contributed by atoms with E-state index in [0.717, 1.165) is 6.42 Å². The SMILES string of the molecule is CC1=C(C(=O)O)N2C(=O)[C@@H](NC(=O)[C@H](N)C34CC=CCC3O4)[C@H]2SC1. The summed E-state index contributed by atoms with van der Waals surface area (Å²) in [6.45, 7) is 1.70. The topological polar surface area (TPSA) is 125 Å². The molecule has 8 nitrogen and oxygen atoms in total. The highest BCUT2D eigenvalue weighted by molar-refractivity contribution is 8.00. The predicted octanol–water partition coefficient (Wildman–Crippen LogP) is -0.440. The molecule has 4 aliphatic rings. The third-order valence-electron chi connectivity index (χ3n) is 5.27. The number of thioether (sulfide) groups is 1. The fourth-order valence-electron chi connectivity index (χ4n) is 3.79.